The van der Waals surface area contributed by atoms with Crippen LogP contribution >= 0.6 is 0 Å². The van der Waals surface area contributed by atoms with Crippen molar-refractivity contribution in [2.45, 2.75) is 5.92 Å². The second-order valence-electron chi connectivity index (χ2n) is 7.33. The quantitative estimate of drug-likeness (QED) is 0.339. The number of aromatic hydroxyl groups is 4. The summed E-state index contributed by atoms with van der Waals surface area (Å²) in [5, 5.41) is 53.4. The maximum Gasteiger partial charge on any atom is 0.182 e. The van der Waals surface area contributed by atoms with Crippen LogP contribution in [0.3, 0.4) is 0 Å². The summed E-state index contributed by atoms with van der Waals surface area (Å²) in [6, 6.07) is 15.1. The number of rotatable bonds is 2. The minimum atomic E-state index is -1.08. The summed E-state index contributed by atoms with van der Waals surface area (Å²) < 4.78 is 0. The number of aliphatic hydroxyl groups excluding tert-OH is 1. The second-order valence-corrected chi connectivity index (χ2v) is 7.33. The largest absolute Gasteiger partial charge is 0.510 e. The molecule has 1 atom stereocenters. The summed E-state index contributed by atoms with van der Waals surface area (Å²) in [4.78, 5) is 13.2. The van der Waals surface area contributed by atoms with Gasteiger partial charge < -0.3 is 25.5 Å². The molecule has 30 heavy (non-hydrogen) atoms. The maximum atomic E-state index is 13.2. The Labute approximate surface area is 170 Å². The molecule has 0 aliphatic heterocycles. The molecule has 6 heteroatoms. The molecule has 148 valence electrons. The third kappa shape index (κ3) is 2.40. The van der Waals surface area contributed by atoms with Gasteiger partial charge in [0.15, 0.2) is 5.78 Å². The van der Waals surface area contributed by atoms with E-state index in [9.17, 15) is 30.3 Å². The molecule has 0 heterocycles. The lowest BCUT2D eigenvalue weighted by Crippen LogP contribution is -2.29. The van der Waals surface area contributed by atoms with Crippen LogP contribution in [0.4, 0.5) is 0 Å². The number of carbonyl (C=O) groups is 1. The van der Waals surface area contributed by atoms with Gasteiger partial charge in [-0.05, 0) is 64.0 Å². The van der Waals surface area contributed by atoms with E-state index >= 15 is 0 Å². The van der Waals surface area contributed by atoms with E-state index in [0.29, 0.717) is 21.5 Å². The fraction of sp³-hybridized carbons (Fsp3) is 0.0417. The summed E-state index contributed by atoms with van der Waals surface area (Å²) in [7, 11) is 0. The lowest BCUT2D eigenvalue weighted by Gasteiger charge is -2.30. The van der Waals surface area contributed by atoms with E-state index in [0.717, 1.165) is 0 Å². The van der Waals surface area contributed by atoms with Crippen molar-refractivity contribution >= 4 is 32.9 Å². The zero-order chi connectivity index (χ0) is 21.2. The highest BCUT2D eigenvalue weighted by atomic mass is 16.3. The third-order valence-electron chi connectivity index (χ3n) is 5.58. The molecule has 4 aromatic carbocycles. The van der Waals surface area contributed by atoms with Gasteiger partial charge in [0.2, 0.25) is 0 Å². The first-order valence-corrected chi connectivity index (χ1v) is 9.24. The van der Waals surface area contributed by atoms with Gasteiger partial charge in [-0.15, -0.1) is 0 Å². The molecule has 1 aliphatic rings. The molecule has 0 aromatic heterocycles. The molecule has 5 N–H and O–H groups in total. The maximum absolute atomic E-state index is 13.2. The molecule has 0 radical (unpaired) electrons. The Morgan fingerprint density at radius 2 is 1.20 bits per heavy atom. The number of allylic oxidation sites excluding steroid dienone is 2. The molecule has 1 unspecified atom stereocenters. The van der Waals surface area contributed by atoms with Gasteiger partial charge in [-0.1, -0.05) is 18.2 Å². The number of carbonyl (C=O) groups excluding carboxylic acids is 1. The Bertz CT molecular complexity index is 1420. The van der Waals surface area contributed by atoms with Crippen molar-refractivity contribution in [3.8, 4) is 23.0 Å². The summed E-state index contributed by atoms with van der Waals surface area (Å²) in [6.45, 7) is 0. The van der Waals surface area contributed by atoms with Crippen molar-refractivity contribution in [2.75, 3.05) is 0 Å². The predicted octanol–water partition coefficient (Wildman–Crippen LogP) is 4.45. The smallest absolute Gasteiger partial charge is 0.182 e. The predicted molar refractivity (Wildman–Crippen MR) is 112 cm³/mol. The summed E-state index contributed by atoms with van der Waals surface area (Å²) in [5.74, 6) is -2.02. The Hall–Kier alpha value is -4.19. The fourth-order valence-electron chi connectivity index (χ4n) is 4.18. The number of phenolic OH excluding ortho intramolecular Hbond substituents is 4. The zero-order valence-corrected chi connectivity index (χ0v) is 15.5. The first kappa shape index (κ1) is 17.9. The van der Waals surface area contributed by atoms with Crippen LogP contribution < -0.4 is 0 Å². The molecule has 0 saturated heterocycles. The third-order valence-corrected chi connectivity index (χ3v) is 5.58. The van der Waals surface area contributed by atoms with Gasteiger partial charge >= 0.3 is 0 Å². The number of phenols is 4. The van der Waals surface area contributed by atoms with Crippen LogP contribution in [0.15, 0.2) is 66.4 Å². The van der Waals surface area contributed by atoms with Crippen LogP contribution in [0.2, 0.25) is 0 Å². The SMILES string of the molecule is O=C1C(c2c(O)ccc3cc(O)ccc23)=C(O)C1c1c(O)ccc2cc(O)ccc12. The molecule has 6 nitrogen and oxygen atoms in total. The monoisotopic (exact) mass is 400 g/mol. The van der Waals surface area contributed by atoms with Crippen molar-refractivity contribution in [3.63, 3.8) is 0 Å². The Morgan fingerprint density at radius 1 is 0.633 bits per heavy atom. The van der Waals surface area contributed by atoms with Gasteiger partial charge in [0.05, 0.1) is 5.57 Å². The Morgan fingerprint density at radius 3 is 1.83 bits per heavy atom. The lowest BCUT2D eigenvalue weighted by atomic mass is 9.72. The average molecular weight is 400 g/mol. The molecular formula is C24H16O6. The molecule has 1 aliphatic carbocycles. The van der Waals surface area contributed by atoms with E-state index < -0.39 is 11.7 Å². The summed E-state index contributed by atoms with van der Waals surface area (Å²) in [6.07, 6.45) is 0. The molecule has 4 aromatic rings. The normalized spacial score (nSPS) is 16.3. The highest BCUT2D eigenvalue weighted by Gasteiger charge is 2.44. The Kier molecular flexibility index (Phi) is 3.67. The average Bonchev–Trinajstić information content (AvgIpc) is 2.72. The molecular weight excluding hydrogens is 384 g/mol. The van der Waals surface area contributed by atoms with Crippen molar-refractivity contribution in [1.29, 1.82) is 0 Å². The fourth-order valence-corrected chi connectivity index (χ4v) is 4.18. The Balaban J connectivity index is 1.73. The first-order chi connectivity index (χ1) is 14.4. The number of Topliss-reactive ketones (excluding diaryl/α,β-unsaturated/α-hetero) is 1. The lowest BCUT2D eigenvalue weighted by molar-refractivity contribution is -0.116. The number of benzene rings is 4. The van der Waals surface area contributed by atoms with Crippen molar-refractivity contribution in [3.05, 3.63) is 77.5 Å². The summed E-state index contributed by atoms with van der Waals surface area (Å²) >= 11 is 0. The molecule has 0 saturated carbocycles. The van der Waals surface area contributed by atoms with E-state index in [1.54, 1.807) is 24.3 Å². The number of fused-ring (bicyclic) bond motifs is 2. The van der Waals surface area contributed by atoms with Gasteiger partial charge in [0, 0.05) is 11.1 Å². The molecule has 0 amide bonds. The van der Waals surface area contributed by atoms with Crippen LogP contribution in [-0.4, -0.2) is 31.3 Å². The van der Waals surface area contributed by atoms with E-state index in [1.807, 2.05) is 0 Å². The minimum Gasteiger partial charge on any atom is -0.510 e. The second kappa shape index (κ2) is 6.15. The van der Waals surface area contributed by atoms with Crippen molar-refractivity contribution in [1.82, 2.24) is 0 Å². The van der Waals surface area contributed by atoms with Crippen LogP contribution in [0.25, 0.3) is 27.1 Å². The van der Waals surface area contributed by atoms with Gasteiger partial charge in [0.25, 0.3) is 0 Å². The zero-order valence-electron chi connectivity index (χ0n) is 15.5. The molecule has 0 bridgehead atoms. The minimum absolute atomic E-state index is 0.0241. The molecule has 0 spiro atoms. The van der Waals surface area contributed by atoms with Gasteiger partial charge in [-0.3, -0.25) is 4.79 Å². The molecule has 5 rings (SSSR count). The first-order valence-electron chi connectivity index (χ1n) is 9.24. The van der Waals surface area contributed by atoms with E-state index in [4.69, 9.17) is 0 Å². The van der Waals surface area contributed by atoms with E-state index in [1.165, 1.54) is 36.4 Å². The number of aliphatic hydroxyl groups is 1. The van der Waals surface area contributed by atoms with E-state index in [-0.39, 0.29) is 45.5 Å². The van der Waals surface area contributed by atoms with Gasteiger partial charge in [-0.25, -0.2) is 0 Å². The van der Waals surface area contributed by atoms with Gasteiger partial charge in [-0.2, -0.15) is 0 Å². The van der Waals surface area contributed by atoms with Crippen LogP contribution in [0.1, 0.15) is 17.0 Å². The van der Waals surface area contributed by atoms with Crippen molar-refractivity contribution < 1.29 is 30.3 Å². The highest BCUT2D eigenvalue weighted by molar-refractivity contribution is 6.35. The topological polar surface area (TPSA) is 118 Å². The van der Waals surface area contributed by atoms with Crippen LogP contribution in [0.5, 0.6) is 23.0 Å². The van der Waals surface area contributed by atoms with Crippen LogP contribution in [0, 0.1) is 0 Å². The number of hydrogen-bond donors (Lipinski definition) is 5. The van der Waals surface area contributed by atoms with Crippen LogP contribution in [-0.2, 0) is 4.79 Å². The summed E-state index contributed by atoms with van der Waals surface area (Å²) in [5.41, 5.74) is 0.406. The number of ketones is 1. The standard InChI is InChI=1S/C24H16O6/c25-13-3-5-15-11(9-13)1-7-17(27)19(15)21-23(29)22(24(21)30)20-16-6-4-14(26)10-12(16)2-8-18(20)28/h1-10,21,25-29H. The van der Waals surface area contributed by atoms with E-state index in [2.05, 4.69) is 0 Å². The van der Waals surface area contributed by atoms with Crippen molar-refractivity contribution in [2.24, 2.45) is 0 Å². The molecule has 0 fully saturated rings. The highest BCUT2D eigenvalue weighted by Crippen LogP contribution is 2.50. The van der Waals surface area contributed by atoms with Gasteiger partial charge in [0.1, 0.15) is 34.7 Å². The number of hydrogen-bond acceptors (Lipinski definition) is 6.